The van der Waals surface area contributed by atoms with Crippen LogP contribution in [0.3, 0.4) is 0 Å². The molecule has 0 aliphatic rings. The molecule has 78 valence electrons. The van der Waals surface area contributed by atoms with Crippen LogP contribution < -0.4 is 5.63 Å². The number of aromatic hydroxyl groups is 1. The van der Waals surface area contributed by atoms with Gasteiger partial charge in [0.25, 0.3) is 0 Å². The number of hydrogen-bond acceptors (Lipinski definition) is 3. The molecule has 15 heavy (non-hydrogen) atoms. The number of benzene rings is 1. The first kappa shape index (κ1) is 9.77. The molecular weight excluding hydrogens is 192 g/mol. The quantitative estimate of drug-likeness (QED) is 0.817. The van der Waals surface area contributed by atoms with Gasteiger partial charge in [-0.05, 0) is 12.5 Å². The Balaban J connectivity index is 2.79. The van der Waals surface area contributed by atoms with Gasteiger partial charge in [0.1, 0.15) is 0 Å². The third-order valence-corrected chi connectivity index (χ3v) is 2.36. The van der Waals surface area contributed by atoms with Gasteiger partial charge in [-0.15, -0.1) is 0 Å². The van der Waals surface area contributed by atoms with Crippen molar-refractivity contribution >= 4 is 10.8 Å². The fourth-order valence-electron chi connectivity index (χ4n) is 1.63. The minimum atomic E-state index is -0.383. The highest BCUT2D eigenvalue weighted by molar-refractivity contribution is 5.87. The van der Waals surface area contributed by atoms with Gasteiger partial charge in [-0.25, -0.2) is 4.79 Å². The molecule has 0 amide bonds. The van der Waals surface area contributed by atoms with Gasteiger partial charge in [-0.2, -0.15) is 0 Å². The van der Waals surface area contributed by atoms with E-state index in [0.717, 1.165) is 6.42 Å². The van der Waals surface area contributed by atoms with E-state index in [1.54, 1.807) is 24.3 Å². The van der Waals surface area contributed by atoms with Gasteiger partial charge >= 0.3 is 5.63 Å². The Morgan fingerprint density at radius 1 is 1.27 bits per heavy atom. The van der Waals surface area contributed by atoms with Gasteiger partial charge in [-0.3, -0.25) is 0 Å². The van der Waals surface area contributed by atoms with Gasteiger partial charge < -0.3 is 9.52 Å². The Bertz CT molecular complexity index is 540. The molecule has 0 aliphatic carbocycles. The van der Waals surface area contributed by atoms with Gasteiger partial charge in [0.15, 0.2) is 11.5 Å². The Kier molecular flexibility index (Phi) is 2.46. The first-order valence-electron chi connectivity index (χ1n) is 4.97. The van der Waals surface area contributed by atoms with Crippen molar-refractivity contribution in [2.24, 2.45) is 0 Å². The zero-order valence-electron chi connectivity index (χ0n) is 8.49. The summed E-state index contributed by atoms with van der Waals surface area (Å²) in [4.78, 5) is 11.5. The number of fused-ring (bicyclic) bond motifs is 1. The van der Waals surface area contributed by atoms with Crippen LogP contribution in [0.1, 0.15) is 19.1 Å². The maximum absolute atomic E-state index is 11.5. The predicted molar refractivity (Wildman–Crippen MR) is 58.1 cm³/mol. The van der Waals surface area contributed by atoms with Crippen LogP contribution in [0.5, 0.6) is 5.75 Å². The molecule has 3 nitrogen and oxygen atoms in total. The third kappa shape index (κ3) is 1.61. The van der Waals surface area contributed by atoms with Gasteiger partial charge in [0.2, 0.25) is 0 Å². The normalized spacial score (nSPS) is 10.7. The number of aryl methyl sites for hydroxylation is 1. The smallest absolute Gasteiger partial charge is 0.344 e. The highest BCUT2D eigenvalue weighted by Gasteiger charge is 2.10. The third-order valence-electron chi connectivity index (χ3n) is 2.36. The van der Waals surface area contributed by atoms with E-state index in [9.17, 15) is 9.90 Å². The second-order valence-electron chi connectivity index (χ2n) is 3.46. The number of hydrogen-bond donors (Lipinski definition) is 1. The molecule has 1 aromatic heterocycles. The summed E-state index contributed by atoms with van der Waals surface area (Å²) in [6.07, 6.45) is 1.40. The van der Waals surface area contributed by atoms with Gasteiger partial charge in [-0.1, -0.05) is 25.1 Å². The lowest BCUT2D eigenvalue weighted by Gasteiger charge is -2.04. The van der Waals surface area contributed by atoms with Crippen LogP contribution in [0.25, 0.3) is 10.8 Å². The molecule has 2 aromatic rings. The van der Waals surface area contributed by atoms with Crippen molar-refractivity contribution < 1.29 is 9.52 Å². The van der Waals surface area contributed by atoms with Crippen molar-refractivity contribution in [2.45, 2.75) is 19.8 Å². The summed E-state index contributed by atoms with van der Waals surface area (Å²) in [6.45, 7) is 1.97. The molecule has 0 atom stereocenters. The summed E-state index contributed by atoms with van der Waals surface area (Å²) >= 11 is 0. The van der Waals surface area contributed by atoms with E-state index in [2.05, 4.69) is 0 Å². The van der Waals surface area contributed by atoms with Crippen molar-refractivity contribution in [3.8, 4) is 5.75 Å². The van der Waals surface area contributed by atoms with Crippen molar-refractivity contribution in [3.63, 3.8) is 0 Å². The van der Waals surface area contributed by atoms with E-state index in [1.807, 2.05) is 6.92 Å². The van der Waals surface area contributed by atoms with Crippen molar-refractivity contribution in [2.75, 3.05) is 0 Å². The summed E-state index contributed by atoms with van der Waals surface area (Å²) in [6, 6.07) is 6.91. The Labute approximate surface area is 87.0 Å². The van der Waals surface area contributed by atoms with Crippen LogP contribution in [-0.4, -0.2) is 5.11 Å². The molecule has 0 radical (unpaired) electrons. The summed E-state index contributed by atoms with van der Waals surface area (Å²) in [5.41, 5.74) is -0.383. The van der Waals surface area contributed by atoms with Crippen LogP contribution in [-0.2, 0) is 6.42 Å². The summed E-state index contributed by atoms with van der Waals surface area (Å²) < 4.78 is 5.06. The maximum Gasteiger partial charge on any atom is 0.344 e. The molecule has 1 heterocycles. The van der Waals surface area contributed by atoms with E-state index < -0.39 is 0 Å². The van der Waals surface area contributed by atoms with Crippen molar-refractivity contribution in [1.82, 2.24) is 0 Å². The van der Waals surface area contributed by atoms with E-state index >= 15 is 0 Å². The molecule has 0 aliphatic heterocycles. The van der Waals surface area contributed by atoms with Gasteiger partial charge in [0, 0.05) is 11.8 Å². The number of rotatable bonds is 2. The van der Waals surface area contributed by atoms with Crippen molar-refractivity contribution in [3.05, 3.63) is 40.4 Å². The fourth-order valence-corrected chi connectivity index (χ4v) is 1.63. The average Bonchev–Trinajstić information content (AvgIpc) is 2.26. The van der Waals surface area contributed by atoms with Crippen LogP contribution in [0.4, 0.5) is 0 Å². The van der Waals surface area contributed by atoms with Crippen molar-refractivity contribution in [1.29, 1.82) is 0 Å². The first-order valence-corrected chi connectivity index (χ1v) is 4.97. The molecule has 3 heteroatoms. The summed E-state index contributed by atoms with van der Waals surface area (Å²) in [5, 5.41) is 10.9. The minimum absolute atomic E-state index is 0.0899. The van der Waals surface area contributed by atoms with Crippen LogP contribution >= 0.6 is 0 Å². The largest absolute Gasteiger partial charge is 0.504 e. The standard InChI is InChI=1S/C12H12O3/c1-2-5-10-11(13)8-6-3-4-7-9(8)12(14)15-10/h3-4,6-7,13H,2,5H2,1H3. The lowest BCUT2D eigenvalue weighted by atomic mass is 10.1. The zero-order chi connectivity index (χ0) is 10.8. The molecule has 0 saturated heterocycles. The summed E-state index contributed by atoms with van der Waals surface area (Å²) in [7, 11) is 0. The minimum Gasteiger partial charge on any atom is -0.504 e. The molecule has 0 saturated carbocycles. The highest BCUT2D eigenvalue weighted by Crippen LogP contribution is 2.26. The fraction of sp³-hybridized carbons (Fsp3) is 0.250. The van der Waals surface area contributed by atoms with E-state index in [1.165, 1.54) is 0 Å². The Morgan fingerprint density at radius 3 is 2.60 bits per heavy atom. The molecule has 0 fully saturated rings. The monoisotopic (exact) mass is 204 g/mol. The molecular formula is C12H12O3. The second-order valence-corrected chi connectivity index (χ2v) is 3.46. The van der Waals surface area contributed by atoms with Crippen LogP contribution in [0.2, 0.25) is 0 Å². The molecule has 0 spiro atoms. The van der Waals surface area contributed by atoms with Crippen LogP contribution in [0.15, 0.2) is 33.5 Å². The van der Waals surface area contributed by atoms with E-state index in [-0.39, 0.29) is 11.4 Å². The topological polar surface area (TPSA) is 50.4 Å². The Morgan fingerprint density at radius 2 is 1.93 bits per heavy atom. The molecule has 0 unspecified atom stereocenters. The molecule has 1 aromatic carbocycles. The molecule has 1 N–H and O–H groups in total. The molecule has 0 bridgehead atoms. The van der Waals surface area contributed by atoms with Crippen LogP contribution in [0, 0.1) is 0 Å². The predicted octanol–water partition coefficient (Wildman–Crippen LogP) is 2.45. The van der Waals surface area contributed by atoms with E-state index in [0.29, 0.717) is 23.0 Å². The zero-order valence-corrected chi connectivity index (χ0v) is 8.49. The van der Waals surface area contributed by atoms with E-state index in [4.69, 9.17) is 4.42 Å². The first-order chi connectivity index (χ1) is 7.24. The van der Waals surface area contributed by atoms with Gasteiger partial charge in [0.05, 0.1) is 5.39 Å². The Hall–Kier alpha value is -1.77. The SMILES string of the molecule is CCCc1oc(=O)c2ccccc2c1O. The lowest BCUT2D eigenvalue weighted by Crippen LogP contribution is -2.02. The molecule has 2 rings (SSSR count). The second kappa shape index (κ2) is 3.77. The summed E-state index contributed by atoms with van der Waals surface area (Å²) in [5.74, 6) is 0.466. The lowest BCUT2D eigenvalue weighted by molar-refractivity contribution is 0.397. The highest BCUT2D eigenvalue weighted by atomic mass is 16.4. The maximum atomic E-state index is 11.5. The average molecular weight is 204 g/mol.